The highest BCUT2D eigenvalue weighted by Gasteiger charge is 2.16. The van der Waals surface area contributed by atoms with Crippen LogP contribution < -0.4 is 10.6 Å². The van der Waals surface area contributed by atoms with E-state index in [1.54, 1.807) is 30.3 Å². The number of anilines is 2. The Labute approximate surface area is 154 Å². The first-order valence-corrected chi connectivity index (χ1v) is 7.90. The Kier molecular flexibility index (Phi) is 6.59. The third kappa shape index (κ3) is 6.24. The van der Waals surface area contributed by atoms with Crippen molar-refractivity contribution in [3.8, 4) is 0 Å². The molecule has 0 aromatic heterocycles. The minimum Gasteiger partial charge on any atom is -0.455 e. The minimum absolute atomic E-state index is 0.0251. The molecule has 0 atom stereocenters. The van der Waals surface area contributed by atoms with Crippen LogP contribution in [-0.2, 0) is 25.5 Å². The quantitative estimate of drug-likeness (QED) is 0.437. The van der Waals surface area contributed by atoms with Crippen molar-refractivity contribution < 1.29 is 24.0 Å². The highest BCUT2D eigenvalue weighted by Crippen LogP contribution is 2.22. The number of para-hydroxylation sites is 2. The standard InChI is InChI=1S/C18H17N3O6/c1-12(22)19-14-8-6-13(7-9-14)10-18(24)27-11-17(23)20-15-4-2-3-5-16(15)21(25)26/h2-9H,10-11H2,1H3,(H,19,22)(H,20,23). The molecular formula is C18H17N3O6. The van der Waals surface area contributed by atoms with Gasteiger partial charge in [-0.3, -0.25) is 24.5 Å². The van der Waals surface area contributed by atoms with Crippen molar-refractivity contribution in [3.63, 3.8) is 0 Å². The average Bonchev–Trinajstić information content (AvgIpc) is 2.61. The number of nitro groups is 1. The van der Waals surface area contributed by atoms with Crippen molar-refractivity contribution in [3.05, 3.63) is 64.2 Å². The summed E-state index contributed by atoms with van der Waals surface area (Å²) >= 11 is 0. The smallest absolute Gasteiger partial charge is 0.310 e. The molecule has 2 N–H and O–H groups in total. The van der Waals surface area contributed by atoms with Crippen molar-refractivity contribution >= 4 is 34.8 Å². The summed E-state index contributed by atoms with van der Waals surface area (Å²) in [7, 11) is 0. The topological polar surface area (TPSA) is 128 Å². The lowest BCUT2D eigenvalue weighted by molar-refractivity contribution is -0.383. The Morgan fingerprint density at radius 2 is 1.70 bits per heavy atom. The van der Waals surface area contributed by atoms with Gasteiger partial charge < -0.3 is 15.4 Å². The summed E-state index contributed by atoms with van der Waals surface area (Å²) < 4.78 is 4.88. The number of hydrogen-bond donors (Lipinski definition) is 2. The number of hydrogen-bond acceptors (Lipinski definition) is 6. The van der Waals surface area contributed by atoms with E-state index in [4.69, 9.17) is 4.74 Å². The van der Waals surface area contributed by atoms with Gasteiger partial charge in [0.15, 0.2) is 6.61 Å². The van der Waals surface area contributed by atoms with E-state index in [9.17, 15) is 24.5 Å². The fourth-order valence-electron chi connectivity index (χ4n) is 2.20. The molecule has 0 fully saturated rings. The number of carbonyl (C=O) groups is 3. The number of rotatable bonds is 7. The highest BCUT2D eigenvalue weighted by molar-refractivity contribution is 5.95. The summed E-state index contributed by atoms with van der Waals surface area (Å²) in [4.78, 5) is 44.9. The van der Waals surface area contributed by atoms with Gasteiger partial charge in [-0.1, -0.05) is 24.3 Å². The molecule has 2 aromatic carbocycles. The van der Waals surface area contributed by atoms with Gasteiger partial charge in [-0.15, -0.1) is 0 Å². The zero-order chi connectivity index (χ0) is 19.8. The largest absolute Gasteiger partial charge is 0.455 e. The Morgan fingerprint density at radius 1 is 1.04 bits per heavy atom. The molecule has 0 saturated carbocycles. The van der Waals surface area contributed by atoms with Crippen LogP contribution in [0.3, 0.4) is 0 Å². The number of carbonyl (C=O) groups excluding carboxylic acids is 3. The molecule has 0 spiro atoms. The molecule has 2 aromatic rings. The van der Waals surface area contributed by atoms with Crippen LogP contribution in [0.15, 0.2) is 48.5 Å². The molecule has 2 rings (SSSR count). The van der Waals surface area contributed by atoms with Gasteiger partial charge in [-0.25, -0.2) is 0 Å². The third-order valence-electron chi connectivity index (χ3n) is 3.36. The molecular weight excluding hydrogens is 354 g/mol. The van der Waals surface area contributed by atoms with Gasteiger partial charge in [-0.05, 0) is 23.8 Å². The molecule has 0 aliphatic heterocycles. The van der Waals surface area contributed by atoms with Crippen LogP contribution in [0.25, 0.3) is 0 Å². The van der Waals surface area contributed by atoms with Crippen molar-refractivity contribution in [1.82, 2.24) is 0 Å². The lowest BCUT2D eigenvalue weighted by atomic mass is 10.1. The maximum Gasteiger partial charge on any atom is 0.310 e. The molecule has 0 aliphatic carbocycles. The predicted octanol–water partition coefficient (Wildman–Crippen LogP) is 2.28. The number of esters is 1. The van der Waals surface area contributed by atoms with Gasteiger partial charge in [0.05, 0.1) is 11.3 Å². The maximum absolute atomic E-state index is 11.8. The van der Waals surface area contributed by atoms with Crippen LogP contribution in [0, 0.1) is 10.1 Å². The number of amides is 2. The number of nitrogens with zero attached hydrogens (tertiary/aromatic N) is 1. The van der Waals surface area contributed by atoms with E-state index >= 15 is 0 Å². The molecule has 0 unspecified atom stereocenters. The van der Waals surface area contributed by atoms with Gasteiger partial charge in [0.25, 0.3) is 11.6 Å². The first kappa shape index (κ1) is 19.6. The summed E-state index contributed by atoms with van der Waals surface area (Å²) in [6, 6.07) is 12.3. The Morgan fingerprint density at radius 3 is 2.33 bits per heavy atom. The van der Waals surface area contributed by atoms with Crippen LogP contribution in [0.5, 0.6) is 0 Å². The SMILES string of the molecule is CC(=O)Nc1ccc(CC(=O)OCC(=O)Nc2ccccc2[N+](=O)[O-])cc1. The van der Waals surface area contributed by atoms with E-state index in [0.29, 0.717) is 11.3 Å². The zero-order valence-electron chi connectivity index (χ0n) is 14.4. The van der Waals surface area contributed by atoms with E-state index in [1.807, 2.05) is 0 Å². The van der Waals surface area contributed by atoms with Gasteiger partial charge in [0.2, 0.25) is 5.91 Å². The molecule has 27 heavy (non-hydrogen) atoms. The lowest BCUT2D eigenvalue weighted by Crippen LogP contribution is -2.22. The van der Waals surface area contributed by atoms with E-state index in [1.165, 1.54) is 25.1 Å². The first-order valence-electron chi connectivity index (χ1n) is 7.90. The van der Waals surface area contributed by atoms with E-state index in [2.05, 4.69) is 10.6 Å². The van der Waals surface area contributed by atoms with Crippen LogP contribution >= 0.6 is 0 Å². The second kappa shape index (κ2) is 9.09. The molecule has 9 nitrogen and oxygen atoms in total. The van der Waals surface area contributed by atoms with E-state index < -0.39 is 23.4 Å². The maximum atomic E-state index is 11.8. The highest BCUT2D eigenvalue weighted by atomic mass is 16.6. The number of ether oxygens (including phenoxy) is 1. The second-order valence-electron chi connectivity index (χ2n) is 5.54. The van der Waals surface area contributed by atoms with Gasteiger partial charge >= 0.3 is 5.97 Å². The third-order valence-corrected chi connectivity index (χ3v) is 3.36. The monoisotopic (exact) mass is 371 g/mol. The van der Waals surface area contributed by atoms with Gasteiger partial charge in [0, 0.05) is 18.7 Å². The molecule has 0 saturated heterocycles. The Balaban J connectivity index is 1.84. The summed E-state index contributed by atoms with van der Waals surface area (Å²) in [5, 5.41) is 15.8. The fraction of sp³-hybridized carbons (Fsp3) is 0.167. The molecule has 0 radical (unpaired) electrons. The van der Waals surface area contributed by atoms with E-state index in [-0.39, 0.29) is 23.7 Å². The normalized spacial score (nSPS) is 9.96. The van der Waals surface area contributed by atoms with Crippen LogP contribution in [0.1, 0.15) is 12.5 Å². The van der Waals surface area contributed by atoms with Gasteiger partial charge in [-0.2, -0.15) is 0 Å². The summed E-state index contributed by atoms with van der Waals surface area (Å²) in [6.45, 7) is 0.829. The minimum atomic E-state index is -0.682. The number of nitrogens with one attached hydrogen (secondary N) is 2. The molecule has 0 aliphatic rings. The van der Waals surface area contributed by atoms with Crippen molar-refractivity contribution in [1.29, 1.82) is 0 Å². The predicted molar refractivity (Wildman–Crippen MR) is 97.1 cm³/mol. The summed E-state index contributed by atoms with van der Waals surface area (Å²) in [6.07, 6.45) is -0.0564. The van der Waals surface area contributed by atoms with Crippen molar-refractivity contribution in [2.45, 2.75) is 13.3 Å². The molecule has 2 amide bonds. The van der Waals surface area contributed by atoms with Crippen molar-refractivity contribution in [2.75, 3.05) is 17.2 Å². The first-order chi connectivity index (χ1) is 12.8. The lowest BCUT2D eigenvalue weighted by Gasteiger charge is -2.07. The van der Waals surface area contributed by atoms with E-state index in [0.717, 1.165) is 0 Å². The summed E-state index contributed by atoms with van der Waals surface area (Å²) in [5.41, 5.74) is 1.02. The molecule has 0 heterocycles. The Bertz CT molecular complexity index is 864. The van der Waals surface area contributed by atoms with Crippen molar-refractivity contribution in [2.24, 2.45) is 0 Å². The molecule has 9 heteroatoms. The van der Waals surface area contributed by atoms with Crippen LogP contribution in [-0.4, -0.2) is 29.3 Å². The Hall–Kier alpha value is -3.75. The zero-order valence-corrected chi connectivity index (χ0v) is 14.4. The number of benzene rings is 2. The van der Waals surface area contributed by atoms with Gasteiger partial charge in [0.1, 0.15) is 5.69 Å². The number of nitro benzene ring substituents is 1. The fourth-order valence-corrected chi connectivity index (χ4v) is 2.20. The molecule has 0 bridgehead atoms. The van der Waals surface area contributed by atoms with Crippen LogP contribution in [0.4, 0.5) is 17.1 Å². The second-order valence-corrected chi connectivity index (χ2v) is 5.54. The molecule has 140 valence electrons. The van der Waals surface area contributed by atoms with Crippen LogP contribution in [0.2, 0.25) is 0 Å². The average molecular weight is 371 g/mol. The summed E-state index contributed by atoms with van der Waals surface area (Å²) in [5.74, 6) is -1.51.